The largest absolute Gasteiger partial charge is 0.490 e. The molecule has 0 saturated carbocycles. The van der Waals surface area contributed by atoms with E-state index in [1.807, 2.05) is 35.7 Å². The van der Waals surface area contributed by atoms with Gasteiger partial charge in [0.25, 0.3) is 11.7 Å². The van der Waals surface area contributed by atoms with Gasteiger partial charge in [-0.1, -0.05) is 30.3 Å². The van der Waals surface area contributed by atoms with Crippen molar-refractivity contribution >= 4 is 40.3 Å². The average Bonchev–Trinajstić information content (AvgIpc) is 3.42. The second-order valence-electron chi connectivity index (χ2n) is 6.45. The van der Waals surface area contributed by atoms with E-state index < -0.39 is 34.9 Å². The Kier molecular flexibility index (Phi) is 8.56. The SMILES string of the molecule is CN(Cc1nc(-c2ccccc2)cs1)C(=O)c1ccc(C(=O)C(F)(F)F)s1.O=C(O)C(F)(F)F. The number of amides is 1. The summed E-state index contributed by atoms with van der Waals surface area (Å²) in [6.07, 6.45) is -10.0. The van der Waals surface area contributed by atoms with Crippen molar-refractivity contribution in [2.75, 3.05) is 7.05 Å². The van der Waals surface area contributed by atoms with Crippen LogP contribution in [0.5, 0.6) is 0 Å². The predicted molar refractivity (Wildman–Crippen MR) is 112 cm³/mol. The maximum atomic E-state index is 12.5. The number of benzene rings is 1. The van der Waals surface area contributed by atoms with Crippen LogP contribution in [0.1, 0.15) is 24.4 Å². The third kappa shape index (κ3) is 7.38. The Hall–Kier alpha value is -3.26. The summed E-state index contributed by atoms with van der Waals surface area (Å²) in [7, 11) is 1.54. The van der Waals surface area contributed by atoms with Crippen molar-refractivity contribution in [3.63, 3.8) is 0 Å². The van der Waals surface area contributed by atoms with E-state index in [0.29, 0.717) is 16.3 Å². The van der Waals surface area contributed by atoms with Crippen LogP contribution < -0.4 is 0 Å². The number of rotatable bonds is 5. The molecule has 0 aliphatic rings. The Morgan fingerprint density at radius 1 is 0.941 bits per heavy atom. The molecule has 0 radical (unpaired) electrons. The lowest BCUT2D eigenvalue weighted by atomic mass is 10.2. The molecule has 1 N–H and O–H groups in total. The number of thiazole rings is 1. The molecule has 0 saturated heterocycles. The lowest BCUT2D eigenvalue weighted by molar-refractivity contribution is -0.192. The number of aromatic nitrogens is 1. The summed E-state index contributed by atoms with van der Waals surface area (Å²) >= 11 is 1.93. The van der Waals surface area contributed by atoms with Gasteiger partial charge in [0.05, 0.1) is 22.0 Å². The van der Waals surface area contributed by atoms with E-state index in [4.69, 9.17) is 9.90 Å². The Labute approximate surface area is 196 Å². The number of carboxylic acid groups (broad SMARTS) is 1. The first-order chi connectivity index (χ1) is 15.7. The van der Waals surface area contributed by atoms with E-state index >= 15 is 0 Å². The van der Waals surface area contributed by atoms with Crippen LogP contribution in [-0.4, -0.2) is 52.1 Å². The van der Waals surface area contributed by atoms with Crippen molar-refractivity contribution in [2.24, 2.45) is 0 Å². The van der Waals surface area contributed by atoms with E-state index in [2.05, 4.69) is 4.98 Å². The molecule has 3 aromatic rings. The Morgan fingerprint density at radius 2 is 1.50 bits per heavy atom. The van der Waals surface area contributed by atoms with Crippen molar-refractivity contribution in [1.82, 2.24) is 9.88 Å². The molecule has 0 bridgehead atoms. The zero-order valence-corrected chi connectivity index (χ0v) is 18.6. The smallest absolute Gasteiger partial charge is 0.475 e. The van der Waals surface area contributed by atoms with E-state index in [9.17, 15) is 35.9 Å². The number of alkyl halides is 6. The lowest BCUT2D eigenvalue weighted by Crippen LogP contribution is -2.25. The summed E-state index contributed by atoms with van der Waals surface area (Å²) in [5, 5.41) is 9.71. The van der Waals surface area contributed by atoms with Crippen molar-refractivity contribution in [2.45, 2.75) is 18.9 Å². The van der Waals surface area contributed by atoms with Gasteiger partial charge in [-0.2, -0.15) is 26.3 Å². The van der Waals surface area contributed by atoms with Gasteiger partial charge >= 0.3 is 18.3 Å². The van der Waals surface area contributed by atoms with Gasteiger partial charge in [0.2, 0.25) is 0 Å². The number of aliphatic carboxylic acids is 1. The number of carbonyl (C=O) groups excluding carboxylic acids is 2. The van der Waals surface area contributed by atoms with Crippen molar-refractivity contribution in [3.8, 4) is 11.3 Å². The Bertz CT molecular complexity index is 1160. The minimum atomic E-state index is -5.08. The molecule has 0 aliphatic heterocycles. The number of halogens is 6. The van der Waals surface area contributed by atoms with Gasteiger partial charge in [-0.3, -0.25) is 9.59 Å². The number of Topliss-reactive ketones (excluding diaryl/α,β-unsaturated/α-hetero) is 1. The molecule has 0 unspecified atom stereocenters. The zero-order chi connectivity index (χ0) is 25.7. The highest BCUT2D eigenvalue weighted by Crippen LogP contribution is 2.28. The van der Waals surface area contributed by atoms with Crippen LogP contribution in [0.4, 0.5) is 26.3 Å². The highest BCUT2D eigenvalue weighted by Gasteiger charge is 2.40. The van der Waals surface area contributed by atoms with E-state index in [-0.39, 0.29) is 11.4 Å². The maximum Gasteiger partial charge on any atom is 0.490 e. The number of hydrogen-bond acceptors (Lipinski definition) is 6. The van der Waals surface area contributed by atoms with Crippen molar-refractivity contribution < 1.29 is 45.8 Å². The standard InChI is InChI=1S/C18H13F3N2O2S2.C2HF3O2/c1-23(9-15-22-12(10-26-15)11-5-3-2-4-6-11)17(25)14-8-7-13(27-14)16(24)18(19,20)21;3-2(4,5)1(6)7/h2-8,10H,9H2,1H3;(H,6,7). The number of ketones is 1. The van der Waals surface area contributed by atoms with Crippen LogP contribution in [0.25, 0.3) is 11.3 Å². The molecule has 34 heavy (non-hydrogen) atoms. The average molecular weight is 524 g/mol. The van der Waals surface area contributed by atoms with E-state index in [0.717, 1.165) is 17.3 Å². The summed E-state index contributed by atoms with van der Waals surface area (Å²) in [6.45, 7) is 0.219. The molecule has 182 valence electrons. The van der Waals surface area contributed by atoms with Crippen molar-refractivity contribution in [3.05, 3.63) is 62.6 Å². The first-order valence-corrected chi connectivity index (χ1v) is 10.7. The third-order valence-corrected chi connectivity index (χ3v) is 5.79. The monoisotopic (exact) mass is 524 g/mol. The zero-order valence-electron chi connectivity index (χ0n) is 17.0. The Balaban J connectivity index is 0.000000509. The van der Waals surface area contributed by atoms with Gasteiger partial charge in [-0.25, -0.2) is 9.78 Å². The normalized spacial score (nSPS) is 11.4. The third-order valence-electron chi connectivity index (χ3n) is 3.88. The molecular formula is C20H14F6N2O4S2. The minimum Gasteiger partial charge on any atom is -0.475 e. The molecule has 0 atom stereocenters. The fraction of sp³-hybridized carbons (Fsp3) is 0.200. The van der Waals surface area contributed by atoms with Gasteiger partial charge in [-0.05, 0) is 12.1 Å². The van der Waals surface area contributed by atoms with Gasteiger partial charge in [0.15, 0.2) is 0 Å². The second kappa shape index (κ2) is 10.8. The van der Waals surface area contributed by atoms with Crippen LogP contribution >= 0.6 is 22.7 Å². The number of hydrogen-bond donors (Lipinski definition) is 1. The second-order valence-corrected chi connectivity index (χ2v) is 8.47. The summed E-state index contributed by atoms with van der Waals surface area (Å²) < 4.78 is 69.2. The summed E-state index contributed by atoms with van der Waals surface area (Å²) in [4.78, 5) is 38.0. The molecule has 3 rings (SSSR count). The van der Waals surface area contributed by atoms with Crippen molar-refractivity contribution in [1.29, 1.82) is 0 Å². The number of carboxylic acids is 1. The van der Waals surface area contributed by atoms with Gasteiger partial charge in [-0.15, -0.1) is 22.7 Å². The molecule has 0 aliphatic carbocycles. The number of nitrogens with zero attached hydrogens (tertiary/aromatic N) is 2. The van der Waals surface area contributed by atoms with Crippen LogP contribution in [-0.2, 0) is 11.3 Å². The molecule has 14 heteroatoms. The predicted octanol–water partition coefficient (Wildman–Crippen LogP) is 5.52. The molecule has 2 aromatic heterocycles. The summed E-state index contributed by atoms with van der Waals surface area (Å²) in [6, 6.07) is 11.8. The first kappa shape index (κ1) is 27.0. The van der Waals surface area contributed by atoms with Crippen LogP contribution in [0.2, 0.25) is 0 Å². The molecule has 0 fully saturated rings. The molecule has 1 aromatic carbocycles. The molecule has 1 amide bonds. The van der Waals surface area contributed by atoms with Gasteiger partial charge in [0, 0.05) is 18.0 Å². The Morgan fingerprint density at radius 3 is 2.03 bits per heavy atom. The van der Waals surface area contributed by atoms with E-state index in [1.165, 1.54) is 29.4 Å². The number of thiophene rings is 1. The fourth-order valence-corrected chi connectivity index (χ4v) is 4.12. The van der Waals surface area contributed by atoms with E-state index in [1.54, 1.807) is 0 Å². The lowest BCUT2D eigenvalue weighted by Gasteiger charge is -2.14. The first-order valence-electron chi connectivity index (χ1n) is 8.97. The summed E-state index contributed by atoms with van der Waals surface area (Å²) in [5.41, 5.74) is 1.76. The topological polar surface area (TPSA) is 87.6 Å². The van der Waals surface area contributed by atoms with Crippen LogP contribution in [0, 0.1) is 0 Å². The highest BCUT2D eigenvalue weighted by atomic mass is 32.1. The minimum absolute atomic E-state index is 0.0740. The van der Waals surface area contributed by atoms with Gasteiger partial charge < -0.3 is 10.0 Å². The highest BCUT2D eigenvalue weighted by molar-refractivity contribution is 7.16. The fourth-order valence-electron chi connectivity index (χ4n) is 2.30. The summed E-state index contributed by atoms with van der Waals surface area (Å²) in [5.74, 6) is -5.16. The van der Waals surface area contributed by atoms with Gasteiger partial charge in [0.1, 0.15) is 5.01 Å². The number of carbonyl (C=O) groups is 3. The van der Waals surface area contributed by atoms with Crippen LogP contribution in [0.3, 0.4) is 0 Å². The quantitative estimate of drug-likeness (QED) is 0.351. The van der Waals surface area contributed by atoms with Crippen LogP contribution in [0.15, 0.2) is 47.8 Å². The molecule has 6 nitrogen and oxygen atoms in total. The molecular weight excluding hydrogens is 510 g/mol. The maximum absolute atomic E-state index is 12.5. The molecule has 0 spiro atoms. The molecule has 2 heterocycles.